The third-order valence-electron chi connectivity index (χ3n) is 9.66. The first-order chi connectivity index (χ1) is 30.0. The van der Waals surface area contributed by atoms with Crippen molar-refractivity contribution in [3.8, 4) is 0 Å². The Kier molecular flexibility index (Phi) is 34.7. The maximum atomic E-state index is 12.8. The molecule has 0 bridgehead atoms. The van der Waals surface area contributed by atoms with E-state index in [4.69, 9.17) is 18.9 Å². The predicted octanol–water partition coefficient (Wildman–Crippen LogP) is 9.44. The molecule has 0 aromatic heterocycles. The summed E-state index contributed by atoms with van der Waals surface area (Å²) in [7, 11) is -4.62. The molecule has 3 unspecified atom stereocenters. The summed E-state index contributed by atoms with van der Waals surface area (Å²) in [5, 5.41) is 30.9. The van der Waals surface area contributed by atoms with E-state index in [-0.39, 0.29) is 19.4 Å². The molecule has 1 heterocycles. The van der Waals surface area contributed by atoms with Crippen molar-refractivity contribution in [3.05, 3.63) is 97.2 Å². The average molecular weight is 891 g/mol. The van der Waals surface area contributed by atoms with E-state index >= 15 is 0 Å². The van der Waals surface area contributed by atoms with Crippen molar-refractivity contribution in [2.24, 2.45) is 0 Å². The summed E-state index contributed by atoms with van der Waals surface area (Å²) in [6, 6.07) is 0. The largest absolute Gasteiger partial charge is 0.462 e. The quantitative estimate of drug-likeness (QED) is 0.0202. The Labute approximate surface area is 373 Å². The molecular weight excluding hydrogens is 813 g/mol. The van der Waals surface area contributed by atoms with E-state index in [1.54, 1.807) is 0 Å². The number of ether oxygens (including phenoxy) is 4. The zero-order valence-electron chi connectivity index (χ0n) is 37.4. The van der Waals surface area contributed by atoms with Crippen LogP contribution in [-0.2, 0) is 38.7 Å². The minimum atomic E-state index is -4.62. The summed E-state index contributed by atoms with van der Waals surface area (Å²) < 4.78 is 53.9. The van der Waals surface area contributed by atoms with Crippen molar-refractivity contribution in [1.82, 2.24) is 0 Å². The van der Waals surface area contributed by atoms with Crippen LogP contribution in [0.1, 0.15) is 142 Å². The van der Waals surface area contributed by atoms with Gasteiger partial charge in [-0.1, -0.05) is 143 Å². The molecule has 0 spiro atoms. The van der Waals surface area contributed by atoms with Crippen LogP contribution in [0.25, 0.3) is 0 Å². The van der Waals surface area contributed by atoms with E-state index < -0.39 is 71.2 Å². The zero-order valence-corrected chi connectivity index (χ0v) is 38.2. The molecule has 1 fully saturated rings. The van der Waals surface area contributed by atoms with Gasteiger partial charge < -0.3 is 34.3 Å². The van der Waals surface area contributed by atoms with Crippen LogP contribution in [0.15, 0.2) is 97.2 Å². The summed E-state index contributed by atoms with van der Waals surface area (Å²) in [6.45, 7) is 3.53. The van der Waals surface area contributed by atoms with Gasteiger partial charge in [0.25, 0.3) is 10.1 Å². The fourth-order valence-electron chi connectivity index (χ4n) is 6.14. The number of esters is 2. The van der Waals surface area contributed by atoms with Crippen LogP contribution >= 0.6 is 0 Å². The number of hydrogen-bond acceptors (Lipinski definition) is 11. The molecule has 0 aromatic rings. The predicted molar refractivity (Wildman–Crippen MR) is 247 cm³/mol. The topological polar surface area (TPSA) is 186 Å². The number of carbonyl (C=O) groups is 2. The standard InChI is InChI=1S/C49H78O12S/c1-3-5-7-9-11-13-15-17-18-19-20-21-22-23-24-26-27-29-31-33-35-37-44(50)58-39-42(40-59-49-48(54)47(53)46(52)43(61-49)41-62(55,56)57)60-45(51)38-36-34-32-30-28-25-16-14-12-10-8-6-4-2/h5,7,11,13,17-18,20-21,23-25,27-29,32,34,42-43,46-49,52-54H,3-4,6,8-10,12,14-16,19,22,26,30-31,33,35-41H2,1-2H3,(H,55,56,57)/b7-5+,13-11+,18-17+,21-20+,24-23+,28-25+,29-27+,34-32+/t42?,43-,46-,47?,48?,49+/m1/s1. The van der Waals surface area contributed by atoms with Gasteiger partial charge in [-0.15, -0.1) is 0 Å². The molecule has 352 valence electrons. The lowest BCUT2D eigenvalue weighted by molar-refractivity contribution is -0.297. The second-order valence-electron chi connectivity index (χ2n) is 15.3. The van der Waals surface area contributed by atoms with E-state index in [2.05, 4.69) is 98.9 Å². The summed E-state index contributed by atoms with van der Waals surface area (Å²) in [4.78, 5) is 25.3. The lowest BCUT2D eigenvalue weighted by Gasteiger charge is -2.40. The van der Waals surface area contributed by atoms with Gasteiger partial charge in [-0.25, -0.2) is 0 Å². The SMILES string of the molecule is CC/C=C/C/C=C/C/C=C/C/C=C/C/C=C/C/C=C/CCCCC(=O)OCC(CO[C@H]1O[C@H](CS(=O)(=O)O)[C@@H](O)C(O)C1O)OC(=O)CC/C=C/C/C=C/CCCCCCCC. The molecule has 1 aliphatic rings. The number of hydrogen-bond donors (Lipinski definition) is 4. The fraction of sp³-hybridized carbons (Fsp3) is 0.633. The van der Waals surface area contributed by atoms with Crippen molar-refractivity contribution >= 4 is 22.1 Å². The van der Waals surface area contributed by atoms with Gasteiger partial charge in [-0.3, -0.25) is 14.1 Å². The summed E-state index contributed by atoms with van der Waals surface area (Å²) in [5.74, 6) is -2.14. The van der Waals surface area contributed by atoms with Crippen molar-refractivity contribution in [2.45, 2.75) is 179 Å². The van der Waals surface area contributed by atoms with Gasteiger partial charge in [0, 0.05) is 12.8 Å². The Balaban J connectivity index is 2.50. The molecule has 0 amide bonds. The van der Waals surface area contributed by atoms with E-state index in [0.29, 0.717) is 12.8 Å². The first-order valence-corrected chi connectivity index (χ1v) is 24.4. The number of aliphatic hydroxyl groups is 3. The summed E-state index contributed by atoms with van der Waals surface area (Å²) in [5.41, 5.74) is 0. The third kappa shape index (κ3) is 32.3. The monoisotopic (exact) mass is 891 g/mol. The molecule has 1 rings (SSSR count). The maximum Gasteiger partial charge on any atom is 0.306 e. The van der Waals surface area contributed by atoms with Crippen LogP contribution in [0.5, 0.6) is 0 Å². The maximum absolute atomic E-state index is 12.8. The molecule has 0 aliphatic carbocycles. The molecule has 6 atom stereocenters. The van der Waals surface area contributed by atoms with Gasteiger partial charge in [-0.05, 0) is 83.5 Å². The van der Waals surface area contributed by atoms with Crippen molar-refractivity contribution in [2.75, 3.05) is 19.0 Å². The lowest BCUT2D eigenvalue weighted by Crippen LogP contribution is -2.60. The molecule has 0 aromatic carbocycles. The highest BCUT2D eigenvalue weighted by atomic mass is 32.2. The molecule has 62 heavy (non-hydrogen) atoms. The molecule has 0 saturated carbocycles. The Morgan fingerprint density at radius 2 is 1.05 bits per heavy atom. The molecule has 1 saturated heterocycles. The number of rotatable bonds is 36. The highest BCUT2D eigenvalue weighted by Crippen LogP contribution is 2.24. The molecule has 13 heteroatoms. The minimum Gasteiger partial charge on any atom is -0.462 e. The second kappa shape index (κ2) is 38.1. The lowest BCUT2D eigenvalue weighted by atomic mass is 10.00. The van der Waals surface area contributed by atoms with Crippen LogP contribution in [0.2, 0.25) is 0 Å². The number of allylic oxidation sites excluding steroid dienone is 16. The summed E-state index contributed by atoms with van der Waals surface area (Å²) in [6.07, 6.45) is 41.9. The van der Waals surface area contributed by atoms with Crippen molar-refractivity contribution in [3.63, 3.8) is 0 Å². The van der Waals surface area contributed by atoms with Gasteiger partial charge in [0.1, 0.15) is 36.8 Å². The van der Waals surface area contributed by atoms with Gasteiger partial charge >= 0.3 is 11.9 Å². The molecule has 1 aliphatic heterocycles. The number of aliphatic hydroxyl groups excluding tert-OH is 3. The van der Waals surface area contributed by atoms with E-state index in [1.807, 2.05) is 12.2 Å². The normalized spacial score (nSPS) is 20.8. The first kappa shape index (κ1) is 56.6. The first-order valence-electron chi connectivity index (χ1n) is 22.8. The Hall–Kier alpha value is -3.43. The van der Waals surface area contributed by atoms with Crippen LogP contribution in [0, 0.1) is 0 Å². The van der Waals surface area contributed by atoms with Crippen LogP contribution in [0.3, 0.4) is 0 Å². The zero-order chi connectivity index (χ0) is 45.5. The average Bonchev–Trinajstić information content (AvgIpc) is 3.24. The van der Waals surface area contributed by atoms with Gasteiger partial charge in [0.05, 0.1) is 6.61 Å². The van der Waals surface area contributed by atoms with E-state index in [0.717, 1.165) is 64.2 Å². The van der Waals surface area contributed by atoms with Gasteiger partial charge in [0.2, 0.25) is 0 Å². The number of unbranched alkanes of at least 4 members (excludes halogenated alkanes) is 8. The molecule has 0 radical (unpaired) electrons. The fourth-order valence-corrected chi connectivity index (χ4v) is 6.83. The minimum absolute atomic E-state index is 0.0426. The molecule has 12 nitrogen and oxygen atoms in total. The van der Waals surface area contributed by atoms with Crippen molar-refractivity contribution < 1.29 is 56.8 Å². The van der Waals surface area contributed by atoms with Crippen LogP contribution < -0.4 is 0 Å². The van der Waals surface area contributed by atoms with Crippen LogP contribution in [-0.4, -0.2) is 96.0 Å². The van der Waals surface area contributed by atoms with E-state index in [1.165, 1.54) is 38.5 Å². The van der Waals surface area contributed by atoms with Gasteiger partial charge in [0.15, 0.2) is 12.4 Å². The number of carbonyl (C=O) groups excluding carboxylic acids is 2. The molecule has 4 N–H and O–H groups in total. The second-order valence-corrected chi connectivity index (χ2v) is 16.8. The Morgan fingerprint density at radius 1 is 0.565 bits per heavy atom. The molecular formula is C49H78O12S. The third-order valence-corrected chi connectivity index (χ3v) is 10.4. The van der Waals surface area contributed by atoms with Crippen LogP contribution in [0.4, 0.5) is 0 Å². The Morgan fingerprint density at radius 3 is 1.58 bits per heavy atom. The highest BCUT2D eigenvalue weighted by Gasteiger charge is 2.46. The smallest absolute Gasteiger partial charge is 0.306 e. The van der Waals surface area contributed by atoms with Crippen molar-refractivity contribution in [1.29, 1.82) is 0 Å². The van der Waals surface area contributed by atoms with Gasteiger partial charge in [-0.2, -0.15) is 8.42 Å². The summed E-state index contributed by atoms with van der Waals surface area (Å²) >= 11 is 0. The Bertz CT molecular complexity index is 1510. The van der Waals surface area contributed by atoms with E-state index in [9.17, 15) is 37.9 Å². The highest BCUT2D eigenvalue weighted by molar-refractivity contribution is 7.85.